The minimum absolute atomic E-state index is 0.198. The molecular weight excluding hydrogens is 350 g/mol. The number of rotatable bonds is 6. The molecule has 2 aromatic carbocycles. The van der Waals surface area contributed by atoms with Crippen molar-refractivity contribution in [1.29, 1.82) is 0 Å². The number of carbonyl (C=O) groups is 2. The highest BCUT2D eigenvalue weighted by Crippen LogP contribution is 2.13. The van der Waals surface area contributed by atoms with Crippen LogP contribution < -0.4 is 5.32 Å². The maximum absolute atomic E-state index is 12.0. The second-order valence-electron chi connectivity index (χ2n) is 4.93. The van der Waals surface area contributed by atoms with Crippen LogP contribution in [0.5, 0.6) is 0 Å². The van der Waals surface area contributed by atoms with Gasteiger partial charge in [-0.15, -0.1) is 0 Å². The first-order valence-corrected chi connectivity index (χ1v) is 9.01. The molecule has 0 saturated carbocycles. The van der Waals surface area contributed by atoms with Gasteiger partial charge >= 0.3 is 5.97 Å². The van der Waals surface area contributed by atoms with Gasteiger partial charge in [-0.3, -0.25) is 9.00 Å². The Bertz CT molecular complexity index is 761. The van der Waals surface area contributed by atoms with Crippen molar-refractivity contribution in [3.8, 4) is 0 Å². The van der Waals surface area contributed by atoms with Gasteiger partial charge in [0.05, 0.1) is 21.3 Å². The summed E-state index contributed by atoms with van der Waals surface area (Å²) < 4.78 is 16.6. The molecule has 0 fully saturated rings. The molecule has 2 rings (SSSR count). The third-order valence-electron chi connectivity index (χ3n) is 3.15. The van der Waals surface area contributed by atoms with Crippen molar-refractivity contribution in [2.45, 2.75) is 11.4 Å². The molecule has 0 heterocycles. The summed E-state index contributed by atoms with van der Waals surface area (Å²) in [6.07, 6.45) is 1.48. The maximum atomic E-state index is 12.0. The van der Waals surface area contributed by atoms with Gasteiger partial charge in [-0.1, -0.05) is 35.9 Å². The van der Waals surface area contributed by atoms with Crippen LogP contribution in [0.25, 0.3) is 0 Å². The molecule has 1 atom stereocenters. The van der Waals surface area contributed by atoms with Crippen LogP contribution in [0.2, 0.25) is 5.02 Å². The number of nitrogens with one attached hydrogen (secondary N) is 1. The molecule has 0 spiro atoms. The lowest BCUT2D eigenvalue weighted by atomic mass is 10.2. The van der Waals surface area contributed by atoms with Gasteiger partial charge in [0, 0.05) is 17.8 Å². The van der Waals surface area contributed by atoms with E-state index in [4.69, 9.17) is 16.3 Å². The van der Waals surface area contributed by atoms with E-state index in [0.29, 0.717) is 16.5 Å². The van der Waals surface area contributed by atoms with E-state index in [1.807, 2.05) is 0 Å². The number of amides is 1. The van der Waals surface area contributed by atoms with E-state index in [2.05, 4.69) is 5.32 Å². The fraction of sp³-hybridized carbons (Fsp3) is 0.176. The molecule has 0 radical (unpaired) electrons. The largest absolute Gasteiger partial charge is 0.452 e. The highest BCUT2D eigenvalue weighted by Gasteiger charge is 2.15. The van der Waals surface area contributed by atoms with Gasteiger partial charge in [-0.25, -0.2) is 4.79 Å². The predicted octanol–water partition coefficient (Wildman–Crippen LogP) is 2.55. The number of ether oxygens (including phenoxy) is 1. The Hall–Kier alpha value is -2.18. The van der Waals surface area contributed by atoms with Crippen LogP contribution >= 0.6 is 11.6 Å². The molecule has 5 nitrogen and oxygen atoms in total. The Kier molecular flexibility index (Phi) is 6.52. The Labute approximate surface area is 147 Å². The monoisotopic (exact) mass is 365 g/mol. The standard InChI is InChI=1S/C17H16ClNO4S/c1-24(22)15-5-3-2-4-14(15)17(21)23-11-16(20)19-10-12-6-8-13(18)9-7-12/h2-9H,10-11H2,1H3,(H,19,20)/t24-/m0/s1. The minimum Gasteiger partial charge on any atom is -0.452 e. The van der Waals surface area contributed by atoms with Crippen molar-refractivity contribution >= 4 is 34.3 Å². The van der Waals surface area contributed by atoms with Crippen molar-refractivity contribution in [3.63, 3.8) is 0 Å². The van der Waals surface area contributed by atoms with Crippen LogP contribution in [0.1, 0.15) is 15.9 Å². The average molecular weight is 366 g/mol. The molecule has 24 heavy (non-hydrogen) atoms. The van der Waals surface area contributed by atoms with Gasteiger partial charge in [-0.2, -0.15) is 0 Å². The van der Waals surface area contributed by atoms with Gasteiger partial charge in [0.25, 0.3) is 5.91 Å². The summed E-state index contributed by atoms with van der Waals surface area (Å²) in [6.45, 7) is -0.0970. The number of halogens is 1. The van der Waals surface area contributed by atoms with E-state index < -0.39 is 29.3 Å². The highest BCUT2D eigenvalue weighted by atomic mass is 35.5. The number of hydrogen-bond acceptors (Lipinski definition) is 4. The molecule has 1 amide bonds. The van der Waals surface area contributed by atoms with Crippen molar-refractivity contribution in [2.24, 2.45) is 0 Å². The number of carbonyl (C=O) groups excluding carboxylic acids is 2. The number of esters is 1. The summed E-state index contributed by atoms with van der Waals surface area (Å²) in [7, 11) is -1.32. The summed E-state index contributed by atoms with van der Waals surface area (Å²) >= 11 is 5.79. The summed E-state index contributed by atoms with van der Waals surface area (Å²) in [5.41, 5.74) is 1.08. The highest BCUT2D eigenvalue weighted by molar-refractivity contribution is 7.84. The quantitative estimate of drug-likeness (QED) is 0.798. The Balaban J connectivity index is 1.86. The van der Waals surface area contributed by atoms with Gasteiger partial charge in [0.2, 0.25) is 0 Å². The van der Waals surface area contributed by atoms with Gasteiger partial charge in [-0.05, 0) is 29.8 Å². The lowest BCUT2D eigenvalue weighted by Crippen LogP contribution is -2.28. The lowest BCUT2D eigenvalue weighted by molar-refractivity contribution is -0.124. The zero-order chi connectivity index (χ0) is 17.5. The fourth-order valence-electron chi connectivity index (χ4n) is 1.95. The van der Waals surface area contributed by atoms with Crippen LogP contribution in [-0.2, 0) is 26.9 Å². The normalized spacial score (nSPS) is 11.6. The smallest absolute Gasteiger partial charge is 0.339 e. The van der Waals surface area contributed by atoms with E-state index in [1.54, 1.807) is 42.5 Å². The van der Waals surface area contributed by atoms with Crippen LogP contribution in [-0.4, -0.2) is 28.9 Å². The first kappa shape index (κ1) is 18.2. The molecule has 7 heteroatoms. The van der Waals surface area contributed by atoms with Gasteiger partial charge in [0.15, 0.2) is 6.61 Å². The molecule has 0 unspecified atom stereocenters. The zero-order valence-corrected chi connectivity index (χ0v) is 14.5. The summed E-state index contributed by atoms with van der Waals surface area (Å²) in [5.74, 6) is -1.10. The second kappa shape index (κ2) is 8.61. The maximum Gasteiger partial charge on any atom is 0.339 e. The van der Waals surface area contributed by atoms with E-state index in [-0.39, 0.29) is 5.56 Å². The van der Waals surface area contributed by atoms with Crippen molar-refractivity contribution in [3.05, 3.63) is 64.7 Å². The van der Waals surface area contributed by atoms with Crippen molar-refractivity contribution in [1.82, 2.24) is 5.32 Å². The third kappa shape index (κ3) is 5.18. The summed E-state index contributed by atoms with van der Waals surface area (Å²) in [4.78, 5) is 24.2. The molecule has 0 bridgehead atoms. The molecule has 0 aromatic heterocycles. The minimum atomic E-state index is -1.32. The number of benzene rings is 2. The third-order valence-corrected chi connectivity index (χ3v) is 4.38. The van der Waals surface area contributed by atoms with Crippen molar-refractivity contribution < 1.29 is 18.5 Å². The number of hydrogen-bond donors (Lipinski definition) is 1. The lowest BCUT2D eigenvalue weighted by Gasteiger charge is -2.08. The Morgan fingerprint density at radius 1 is 1.12 bits per heavy atom. The van der Waals surface area contributed by atoms with Gasteiger partial charge < -0.3 is 10.1 Å². The van der Waals surface area contributed by atoms with E-state index >= 15 is 0 Å². The topological polar surface area (TPSA) is 72.5 Å². The second-order valence-corrected chi connectivity index (χ2v) is 6.71. The van der Waals surface area contributed by atoms with E-state index in [9.17, 15) is 13.8 Å². The summed E-state index contributed by atoms with van der Waals surface area (Å²) in [6, 6.07) is 13.5. The van der Waals surface area contributed by atoms with Crippen LogP contribution in [0.4, 0.5) is 0 Å². The summed E-state index contributed by atoms with van der Waals surface area (Å²) in [5, 5.41) is 3.26. The molecular formula is C17H16ClNO4S. The molecule has 126 valence electrons. The van der Waals surface area contributed by atoms with E-state index in [0.717, 1.165) is 5.56 Å². The van der Waals surface area contributed by atoms with E-state index in [1.165, 1.54) is 12.3 Å². The van der Waals surface area contributed by atoms with Gasteiger partial charge in [0.1, 0.15) is 0 Å². The fourth-order valence-corrected chi connectivity index (χ4v) is 2.81. The zero-order valence-electron chi connectivity index (χ0n) is 13.0. The average Bonchev–Trinajstić information content (AvgIpc) is 2.59. The van der Waals surface area contributed by atoms with Crippen molar-refractivity contribution in [2.75, 3.05) is 12.9 Å². The Morgan fingerprint density at radius 2 is 1.79 bits per heavy atom. The molecule has 2 aromatic rings. The first-order valence-electron chi connectivity index (χ1n) is 7.08. The predicted molar refractivity (Wildman–Crippen MR) is 92.4 cm³/mol. The Morgan fingerprint density at radius 3 is 2.46 bits per heavy atom. The molecule has 0 aliphatic rings. The van der Waals surface area contributed by atoms with Crippen LogP contribution in [0.15, 0.2) is 53.4 Å². The first-order chi connectivity index (χ1) is 11.5. The van der Waals surface area contributed by atoms with Crippen LogP contribution in [0.3, 0.4) is 0 Å². The molecule has 0 saturated heterocycles. The molecule has 0 aliphatic carbocycles. The molecule has 1 N–H and O–H groups in total. The van der Waals surface area contributed by atoms with Crippen LogP contribution in [0, 0.1) is 0 Å². The molecule has 0 aliphatic heterocycles. The SMILES string of the molecule is C[S@](=O)c1ccccc1C(=O)OCC(=O)NCc1ccc(Cl)cc1.